The molecule has 0 spiro atoms. The Balaban J connectivity index is 1.82. The number of aryl methyl sites for hydroxylation is 1. The van der Waals surface area contributed by atoms with E-state index in [0.29, 0.717) is 29.5 Å². The second kappa shape index (κ2) is 10.3. The highest BCUT2D eigenvalue weighted by molar-refractivity contribution is 6.03. The maximum atomic E-state index is 14.0. The molecule has 0 bridgehead atoms. The number of benzene rings is 1. The summed E-state index contributed by atoms with van der Waals surface area (Å²) in [5, 5.41) is 19.8. The van der Waals surface area contributed by atoms with E-state index in [-0.39, 0.29) is 17.1 Å². The van der Waals surface area contributed by atoms with Gasteiger partial charge in [0.2, 0.25) is 5.78 Å². The Hall–Kier alpha value is -4.85. The van der Waals surface area contributed by atoms with Gasteiger partial charge < -0.3 is 10.6 Å². The molecule has 4 rings (SSSR count). The van der Waals surface area contributed by atoms with Crippen molar-refractivity contribution >= 4 is 22.5 Å². The molecular weight excluding hydrogens is 490 g/mol. The van der Waals surface area contributed by atoms with Gasteiger partial charge in [0.25, 0.3) is 0 Å². The number of aromatic nitrogens is 5. The van der Waals surface area contributed by atoms with Crippen LogP contribution in [0, 0.1) is 18.3 Å². The van der Waals surface area contributed by atoms with Gasteiger partial charge >= 0.3 is 5.92 Å². The van der Waals surface area contributed by atoms with Crippen molar-refractivity contribution < 1.29 is 13.6 Å². The highest BCUT2D eigenvalue weighted by atomic mass is 19.3. The van der Waals surface area contributed by atoms with E-state index < -0.39 is 11.7 Å². The van der Waals surface area contributed by atoms with Gasteiger partial charge in [-0.25, -0.2) is 14.6 Å². The topological polar surface area (TPSA) is 113 Å². The van der Waals surface area contributed by atoms with Crippen molar-refractivity contribution in [3.05, 3.63) is 83.2 Å². The van der Waals surface area contributed by atoms with Crippen LogP contribution in [0.4, 0.5) is 14.5 Å². The van der Waals surface area contributed by atoms with Gasteiger partial charge in [-0.3, -0.25) is 9.36 Å². The molecule has 0 aliphatic heterocycles. The van der Waals surface area contributed by atoms with Crippen LogP contribution in [-0.2, 0) is 0 Å². The van der Waals surface area contributed by atoms with Crippen LogP contribution in [0.3, 0.4) is 0 Å². The molecule has 11 heteroatoms. The molecule has 0 radical (unpaired) electrons. The van der Waals surface area contributed by atoms with Gasteiger partial charge in [0.15, 0.2) is 11.5 Å². The number of Topliss-reactive ketones (excluding diaryl/α,β-unsaturated/α-hetero) is 1. The lowest BCUT2D eigenvalue weighted by Crippen LogP contribution is -2.26. The van der Waals surface area contributed by atoms with Crippen LogP contribution in [0.5, 0.6) is 0 Å². The number of carbonyl (C=O) groups is 1. The average Bonchev–Trinajstić information content (AvgIpc) is 3.48. The first-order chi connectivity index (χ1) is 18.0. The minimum absolute atomic E-state index is 0.0725. The molecular formula is C27H26F2N8O. The number of nitrogens with one attached hydrogen (secondary N) is 2. The van der Waals surface area contributed by atoms with Gasteiger partial charge in [0, 0.05) is 36.7 Å². The maximum absolute atomic E-state index is 14.0. The first kappa shape index (κ1) is 26.2. The molecule has 2 N–H and O–H groups in total. The molecule has 38 heavy (non-hydrogen) atoms. The lowest BCUT2D eigenvalue weighted by molar-refractivity contribution is 0.0221. The zero-order valence-electron chi connectivity index (χ0n) is 21.5. The van der Waals surface area contributed by atoms with Crippen molar-refractivity contribution in [2.45, 2.75) is 33.6 Å². The number of nitriles is 1. The first-order valence-corrected chi connectivity index (χ1v) is 11.7. The minimum atomic E-state index is -3.62. The van der Waals surface area contributed by atoms with Gasteiger partial charge in [-0.2, -0.15) is 19.1 Å². The number of alkyl halides is 2. The smallest absolute Gasteiger partial charge is 0.307 e. The van der Waals surface area contributed by atoms with Crippen LogP contribution in [0.15, 0.2) is 66.3 Å². The lowest BCUT2D eigenvalue weighted by Gasteiger charge is -2.15. The van der Waals surface area contributed by atoms with E-state index in [4.69, 9.17) is 0 Å². The Morgan fingerprint density at radius 2 is 1.87 bits per heavy atom. The van der Waals surface area contributed by atoms with Gasteiger partial charge in [-0.1, -0.05) is 0 Å². The molecule has 9 nitrogen and oxygen atoms in total. The van der Waals surface area contributed by atoms with E-state index in [2.05, 4.69) is 25.7 Å². The zero-order chi connectivity index (χ0) is 27.6. The van der Waals surface area contributed by atoms with E-state index in [9.17, 15) is 18.8 Å². The van der Waals surface area contributed by atoms with E-state index in [1.54, 1.807) is 17.8 Å². The normalized spacial score (nSPS) is 12.5. The summed E-state index contributed by atoms with van der Waals surface area (Å²) >= 11 is 0. The van der Waals surface area contributed by atoms with Crippen molar-refractivity contribution in [1.82, 2.24) is 29.6 Å². The van der Waals surface area contributed by atoms with Crippen LogP contribution < -0.4 is 10.6 Å². The summed E-state index contributed by atoms with van der Waals surface area (Å²) in [6.45, 7) is 6.08. The number of hydrogen-bond donors (Lipinski definition) is 2. The highest BCUT2D eigenvalue weighted by Gasteiger charge is 2.36. The van der Waals surface area contributed by atoms with Crippen LogP contribution >= 0.6 is 0 Å². The largest absolute Gasteiger partial charge is 0.392 e. The molecule has 0 amide bonds. The molecule has 3 heterocycles. The second-order valence-corrected chi connectivity index (χ2v) is 8.85. The number of fused-ring (bicyclic) bond motifs is 1. The van der Waals surface area contributed by atoms with Gasteiger partial charge in [-0.15, -0.1) is 0 Å². The number of imidazole rings is 1. The molecule has 0 fully saturated rings. The average molecular weight is 517 g/mol. The standard InChI is InChI=1S/C27H26F2N8O/c1-16(31-5)6-7-17(2)33-19-8-10-22-23(13-19)36(15-32-22)24-11-9-21(25(38)27(4,28)29)26(34-24)37-18(3)12-20(14-30)35-37/h6-13,15,31,33H,1-5H3/b16-6-,17-7+. The van der Waals surface area contributed by atoms with Crippen molar-refractivity contribution in [3.63, 3.8) is 0 Å². The molecule has 0 saturated carbocycles. The minimum Gasteiger partial charge on any atom is -0.392 e. The fraction of sp³-hybridized carbons (Fsp3) is 0.222. The molecule has 0 atom stereocenters. The van der Waals surface area contributed by atoms with Crippen LogP contribution in [0.1, 0.15) is 42.5 Å². The quantitative estimate of drug-likeness (QED) is 0.248. The summed E-state index contributed by atoms with van der Waals surface area (Å²) in [4.78, 5) is 21.6. The van der Waals surface area contributed by atoms with Gasteiger partial charge in [0.1, 0.15) is 18.2 Å². The maximum Gasteiger partial charge on any atom is 0.307 e. The number of nitrogens with zero attached hydrogens (tertiary/aromatic N) is 6. The van der Waals surface area contributed by atoms with E-state index in [1.165, 1.54) is 22.9 Å². The fourth-order valence-electron chi connectivity index (χ4n) is 3.76. The number of allylic oxidation sites excluding steroid dienone is 4. The monoisotopic (exact) mass is 516 g/mol. The molecule has 1 aromatic carbocycles. The zero-order valence-corrected chi connectivity index (χ0v) is 21.5. The third kappa shape index (κ3) is 5.29. The summed E-state index contributed by atoms with van der Waals surface area (Å²) < 4.78 is 31.0. The van der Waals surface area contributed by atoms with Crippen molar-refractivity contribution in [3.8, 4) is 17.7 Å². The van der Waals surface area contributed by atoms with Crippen LogP contribution in [0.2, 0.25) is 0 Å². The summed E-state index contributed by atoms with van der Waals surface area (Å²) in [6.07, 6.45) is 5.46. The van der Waals surface area contributed by atoms with E-state index in [1.807, 2.05) is 57.3 Å². The predicted molar refractivity (Wildman–Crippen MR) is 141 cm³/mol. The number of ketones is 1. The number of rotatable bonds is 8. The van der Waals surface area contributed by atoms with Crippen molar-refractivity contribution in [1.29, 1.82) is 5.26 Å². The van der Waals surface area contributed by atoms with Crippen LogP contribution in [0.25, 0.3) is 22.7 Å². The van der Waals surface area contributed by atoms with E-state index >= 15 is 0 Å². The summed E-state index contributed by atoms with van der Waals surface area (Å²) in [7, 11) is 1.85. The third-order valence-corrected chi connectivity index (χ3v) is 5.82. The van der Waals surface area contributed by atoms with Gasteiger partial charge in [0.05, 0.1) is 16.6 Å². The Kier molecular flexibility index (Phi) is 7.08. The Bertz CT molecular complexity index is 1630. The Morgan fingerprint density at radius 3 is 2.53 bits per heavy atom. The SMILES string of the molecule is CN/C(C)=C\C=C(/C)Nc1ccc2ncn(-c3ccc(C(=O)C(C)(F)F)c(-n4nc(C#N)cc4C)n3)c2c1. The first-order valence-electron chi connectivity index (χ1n) is 11.7. The summed E-state index contributed by atoms with van der Waals surface area (Å²) in [5.74, 6) is -4.78. The summed E-state index contributed by atoms with van der Waals surface area (Å²) in [5.41, 5.74) is 4.36. The molecule has 0 unspecified atom stereocenters. The number of carbonyl (C=O) groups excluding carboxylic acids is 1. The molecule has 3 aromatic heterocycles. The molecule has 0 aliphatic rings. The lowest BCUT2D eigenvalue weighted by atomic mass is 10.1. The van der Waals surface area contributed by atoms with Crippen molar-refractivity contribution in [2.75, 3.05) is 12.4 Å². The second-order valence-electron chi connectivity index (χ2n) is 8.85. The number of hydrogen-bond acceptors (Lipinski definition) is 7. The van der Waals surface area contributed by atoms with Crippen LogP contribution in [-0.4, -0.2) is 43.1 Å². The number of halogens is 2. The molecule has 0 saturated heterocycles. The molecule has 4 aromatic rings. The third-order valence-electron chi connectivity index (χ3n) is 5.82. The molecule has 194 valence electrons. The fourth-order valence-corrected chi connectivity index (χ4v) is 3.76. The highest BCUT2D eigenvalue weighted by Crippen LogP contribution is 2.27. The summed E-state index contributed by atoms with van der Waals surface area (Å²) in [6, 6.07) is 11.8. The van der Waals surface area contributed by atoms with E-state index in [0.717, 1.165) is 17.1 Å². The Labute approximate surface area is 218 Å². The van der Waals surface area contributed by atoms with Gasteiger partial charge in [-0.05, 0) is 69.3 Å². The molecule has 0 aliphatic carbocycles. The Morgan fingerprint density at radius 1 is 1.13 bits per heavy atom. The van der Waals surface area contributed by atoms with Crippen molar-refractivity contribution in [2.24, 2.45) is 0 Å². The number of pyridine rings is 1. The predicted octanol–water partition coefficient (Wildman–Crippen LogP) is 5.06. The number of anilines is 1.